The van der Waals surface area contributed by atoms with Crippen molar-refractivity contribution >= 4 is 11.9 Å². The van der Waals surface area contributed by atoms with Gasteiger partial charge in [-0.1, -0.05) is 24.3 Å². The highest BCUT2D eigenvalue weighted by Crippen LogP contribution is 2.19. The van der Waals surface area contributed by atoms with Gasteiger partial charge in [-0.25, -0.2) is 0 Å². The van der Waals surface area contributed by atoms with Crippen LogP contribution in [0.4, 0.5) is 0 Å². The van der Waals surface area contributed by atoms with Gasteiger partial charge in [0.05, 0.1) is 6.54 Å². The summed E-state index contributed by atoms with van der Waals surface area (Å²) >= 11 is 0. The lowest BCUT2D eigenvalue weighted by Gasteiger charge is -2.29. The minimum atomic E-state index is 0.128. The molecule has 112 valence electrons. The number of carbonyl (C=O) groups is 1. The summed E-state index contributed by atoms with van der Waals surface area (Å²) < 4.78 is 0. The molecule has 0 spiro atoms. The fourth-order valence-electron chi connectivity index (χ4n) is 2.60. The van der Waals surface area contributed by atoms with Crippen molar-refractivity contribution in [3.05, 3.63) is 35.4 Å². The van der Waals surface area contributed by atoms with Crippen LogP contribution in [0.25, 0.3) is 0 Å². The Kier molecular flexibility index (Phi) is 4.08. The standard InChI is InChI=1S/C16H22N4O/c1-17-16(19-14-6-7-14)18-10-15(21)20-9-8-12-4-2-3-5-13(12)11-20/h2-5,14H,6-11H2,1H3,(H2,17,18,19). The fraction of sp³-hybridized carbons (Fsp3) is 0.500. The number of nitrogens with zero attached hydrogens (tertiary/aromatic N) is 2. The molecule has 1 heterocycles. The van der Waals surface area contributed by atoms with Gasteiger partial charge in [0.1, 0.15) is 0 Å². The summed E-state index contributed by atoms with van der Waals surface area (Å²) in [6.07, 6.45) is 3.33. The zero-order valence-corrected chi connectivity index (χ0v) is 12.4. The van der Waals surface area contributed by atoms with E-state index in [0.29, 0.717) is 19.1 Å². The van der Waals surface area contributed by atoms with Crippen molar-refractivity contribution in [2.75, 3.05) is 20.1 Å². The van der Waals surface area contributed by atoms with Gasteiger partial charge in [0, 0.05) is 26.2 Å². The number of amides is 1. The molecule has 3 rings (SSSR count). The zero-order chi connectivity index (χ0) is 14.7. The van der Waals surface area contributed by atoms with Gasteiger partial charge in [-0.05, 0) is 30.4 Å². The van der Waals surface area contributed by atoms with E-state index in [1.807, 2.05) is 11.0 Å². The number of hydrogen-bond acceptors (Lipinski definition) is 2. The Bertz CT molecular complexity index is 551. The molecule has 1 fully saturated rings. The SMILES string of the molecule is CN=C(NCC(=O)N1CCc2ccccc2C1)NC1CC1. The maximum Gasteiger partial charge on any atom is 0.242 e. The smallest absolute Gasteiger partial charge is 0.242 e. The Hall–Kier alpha value is -2.04. The van der Waals surface area contributed by atoms with Gasteiger partial charge in [-0.3, -0.25) is 9.79 Å². The second-order valence-corrected chi connectivity index (χ2v) is 5.68. The van der Waals surface area contributed by atoms with Crippen LogP contribution >= 0.6 is 0 Å². The molecular weight excluding hydrogens is 264 g/mol. The average molecular weight is 286 g/mol. The van der Waals surface area contributed by atoms with E-state index in [1.165, 1.54) is 24.0 Å². The van der Waals surface area contributed by atoms with E-state index >= 15 is 0 Å². The first-order valence-electron chi connectivity index (χ1n) is 7.58. The molecule has 0 radical (unpaired) electrons. The van der Waals surface area contributed by atoms with Gasteiger partial charge in [-0.2, -0.15) is 0 Å². The summed E-state index contributed by atoms with van der Waals surface area (Å²) in [5, 5.41) is 6.39. The van der Waals surface area contributed by atoms with E-state index in [1.54, 1.807) is 7.05 Å². The third-order valence-corrected chi connectivity index (χ3v) is 4.03. The van der Waals surface area contributed by atoms with Gasteiger partial charge in [0.25, 0.3) is 0 Å². The van der Waals surface area contributed by atoms with Gasteiger partial charge in [-0.15, -0.1) is 0 Å². The Balaban J connectivity index is 1.52. The lowest BCUT2D eigenvalue weighted by Crippen LogP contribution is -2.46. The average Bonchev–Trinajstić information content (AvgIpc) is 3.34. The van der Waals surface area contributed by atoms with E-state index in [2.05, 4.69) is 33.8 Å². The highest BCUT2D eigenvalue weighted by molar-refractivity contribution is 5.86. The third kappa shape index (κ3) is 3.54. The van der Waals surface area contributed by atoms with Crippen LogP contribution in [0.15, 0.2) is 29.3 Å². The van der Waals surface area contributed by atoms with Crippen molar-refractivity contribution in [2.45, 2.75) is 31.8 Å². The number of benzene rings is 1. The van der Waals surface area contributed by atoms with Gasteiger partial charge in [0.2, 0.25) is 5.91 Å². The van der Waals surface area contributed by atoms with Crippen molar-refractivity contribution in [1.29, 1.82) is 0 Å². The molecule has 0 atom stereocenters. The number of nitrogens with one attached hydrogen (secondary N) is 2. The molecule has 1 aliphatic carbocycles. The maximum absolute atomic E-state index is 12.3. The molecule has 2 aliphatic rings. The van der Waals surface area contributed by atoms with Crippen molar-refractivity contribution in [3.63, 3.8) is 0 Å². The summed E-state index contributed by atoms with van der Waals surface area (Å²) in [5.41, 5.74) is 2.62. The highest BCUT2D eigenvalue weighted by Gasteiger charge is 2.23. The van der Waals surface area contributed by atoms with Crippen LogP contribution in [0.3, 0.4) is 0 Å². The highest BCUT2D eigenvalue weighted by atomic mass is 16.2. The van der Waals surface area contributed by atoms with Gasteiger partial charge in [0.15, 0.2) is 5.96 Å². The largest absolute Gasteiger partial charge is 0.354 e. The van der Waals surface area contributed by atoms with E-state index in [-0.39, 0.29) is 5.91 Å². The summed E-state index contributed by atoms with van der Waals surface area (Å²) in [6, 6.07) is 8.89. The molecule has 1 aliphatic heterocycles. The first-order valence-corrected chi connectivity index (χ1v) is 7.58. The fourth-order valence-corrected chi connectivity index (χ4v) is 2.60. The number of carbonyl (C=O) groups excluding carboxylic acids is 1. The quantitative estimate of drug-likeness (QED) is 0.641. The van der Waals surface area contributed by atoms with Crippen LogP contribution < -0.4 is 10.6 Å². The van der Waals surface area contributed by atoms with E-state index in [0.717, 1.165) is 18.9 Å². The Morgan fingerprint density at radius 2 is 2.10 bits per heavy atom. The Labute approximate surface area is 125 Å². The normalized spacial score (nSPS) is 18.1. The predicted molar refractivity (Wildman–Crippen MR) is 83.1 cm³/mol. The summed E-state index contributed by atoms with van der Waals surface area (Å²) in [5.74, 6) is 0.853. The summed E-state index contributed by atoms with van der Waals surface area (Å²) in [4.78, 5) is 18.4. The molecule has 0 bridgehead atoms. The Morgan fingerprint density at radius 3 is 2.81 bits per heavy atom. The first kappa shape index (κ1) is 13.9. The number of rotatable bonds is 3. The number of hydrogen-bond donors (Lipinski definition) is 2. The molecule has 0 saturated heterocycles. The molecule has 5 heteroatoms. The van der Waals surface area contributed by atoms with Crippen molar-refractivity contribution in [3.8, 4) is 0 Å². The summed E-state index contributed by atoms with van der Waals surface area (Å²) in [7, 11) is 1.74. The maximum atomic E-state index is 12.3. The van der Waals surface area contributed by atoms with Crippen LogP contribution in [-0.4, -0.2) is 42.9 Å². The van der Waals surface area contributed by atoms with Crippen LogP contribution in [0.1, 0.15) is 24.0 Å². The molecule has 5 nitrogen and oxygen atoms in total. The topological polar surface area (TPSA) is 56.7 Å². The van der Waals surface area contributed by atoms with E-state index < -0.39 is 0 Å². The molecule has 1 amide bonds. The lowest BCUT2D eigenvalue weighted by molar-refractivity contribution is -0.130. The molecule has 1 saturated carbocycles. The second-order valence-electron chi connectivity index (χ2n) is 5.68. The monoisotopic (exact) mass is 286 g/mol. The predicted octanol–water partition coefficient (Wildman–Crippen LogP) is 0.899. The van der Waals surface area contributed by atoms with E-state index in [4.69, 9.17) is 0 Å². The first-order chi connectivity index (χ1) is 10.3. The van der Waals surface area contributed by atoms with Crippen molar-refractivity contribution in [1.82, 2.24) is 15.5 Å². The molecule has 0 unspecified atom stereocenters. The minimum Gasteiger partial charge on any atom is -0.354 e. The van der Waals surface area contributed by atoms with Crippen LogP contribution in [0.2, 0.25) is 0 Å². The van der Waals surface area contributed by atoms with Crippen LogP contribution in [-0.2, 0) is 17.8 Å². The minimum absolute atomic E-state index is 0.128. The van der Waals surface area contributed by atoms with Crippen molar-refractivity contribution < 1.29 is 4.79 Å². The lowest BCUT2D eigenvalue weighted by atomic mass is 10.00. The van der Waals surface area contributed by atoms with Gasteiger partial charge >= 0.3 is 0 Å². The summed E-state index contributed by atoms with van der Waals surface area (Å²) in [6.45, 7) is 1.81. The zero-order valence-electron chi connectivity index (χ0n) is 12.4. The molecule has 0 aromatic heterocycles. The molecular formula is C16H22N4O. The molecule has 1 aromatic rings. The Morgan fingerprint density at radius 1 is 1.33 bits per heavy atom. The van der Waals surface area contributed by atoms with Gasteiger partial charge < -0.3 is 15.5 Å². The van der Waals surface area contributed by atoms with E-state index in [9.17, 15) is 4.79 Å². The second kappa shape index (κ2) is 6.16. The van der Waals surface area contributed by atoms with Crippen LogP contribution in [0.5, 0.6) is 0 Å². The number of fused-ring (bicyclic) bond motifs is 1. The third-order valence-electron chi connectivity index (χ3n) is 4.03. The number of guanidine groups is 1. The molecule has 1 aromatic carbocycles. The molecule has 2 N–H and O–H groups in total. The number of aliphatic imine (C=N–C) groups is 1. The van der Waals surface area contributed by atoms with Crippen LogP contribution in [0, 0.1) is 0 Å². The molecule has 21 heavy (non-hydrogen) atoms. The van der Waals surface area contributed by atoms with Crippen molar-refractivity contribution in [2.24, 2.45) is 4.99 Å².